The molecule has 0 spiro atoms. The monoisotopic (exact) mass is 282 g/mol. The summed E-state index contributed by atoms with van der Waals surface area (Å²) in [4.78, 5) is 37.0. The Morgan fingerprint density at radius 1 is 1.35 bits per heavy atom. The molecule has 2 aliphatic rings. The molecule has 2 rings (SSSR count). The number of rotatable bonds is 6. The van der Waals surface area contributed by atoms with Crippen LogP contribution in [0.2, 0.25) is 0 Å². The van der Waals surface area contributed by atoms with Crippen molar-refractivity contribution >= 4 is 17.8 Å². The predicted octanol–water partition coefficient (Wildman–Crippen LogP) is 0.470. The second-order valence-corrected chi connectivity index (χ2v) is 6.60. The molecule has 6 nitrogen and oxygen atoms in total. The Hall–Kier alpha value is -1.43. The SMILES string of the molecule is CCCNC(C)(CN1C(=O)C2C(C1=O)C2(C)C)C(=O)O. The lowest BCUT2D eigenvalue weighted by Gasteiger charge is -2.31. The third kappa shape index (κ3) is 2.02. The molecular weight excluding hydrogens is 260 g/mol. The highest BCUT2D eigenvalue weighted by Gasteiger charge is 2.72. The van der Waals surface area contributed by atoms with E-state index in [0.29, 0.717) is 6.54 Å². The van der Waals surface area contributed by atoms with Crippen molar-refractivity contribution in [2.24, 2.45) is 17.3 Å². The van der Waals surface area contributed by atoms with Crippen LogP contribution in [0.3, 0.4) is 0 Å². The number of carboxylic acid groups (broad SMARTS) is 1. The van der Waals surface area contributed by atoms with Gasteiger partial charge in [0.1, 0.15) is 5.54 Å². The zero-order chi connectivity index (χ0) is 15.3. The molecule has 0 bridgehead atoms. The molecule has 1 saturated heterocycles. The Kier molecular flexibility index (Phi) is 3.40. The van der Waals surface area contributed by atoms with Crippen LogP contribution in [0.25, 0.3) is 0 Å². The molecule has 1 saturated carbocycles. The van der Waals surface area contributed by atoms with Crippen LogP contribution in [0.4, 0.5) is 0 Å². The van der Waals surface area contributed by atoms with Gasteiger partial charge < -0.3 is 10.4 Å². The highest BCUT2D eigenvalue weighted by molar-refractivity contribution is 6.10. The number of imide groups is 1. The first-order valence-electron chi connectivity index (χ1n) is 7.00. The van der Waals surface area contributed by atoms with Gasteiger partial charge in [-0.05, 0) is 25.3 Å². The molecule has 3 atom stereocenters. The van der Waals surface area contributed by atoms with E-state index in [1.165, 1.54) is 6.92 Å². The van der Waals surface area contributed by atoms with Crippen LogP contribution in [-0.2, 0) is 14.4 Å². The number of hydrogen-bond donors (Lipinski definition) is 2. The molecule has 1 aliphatic heterocycles. The van der Waals surface area contributed by atoms with Crippen molar-refractivity contribution in [1.29, 1.82) is 0 Å². The van der Waals surface area contributed by atoms with E-state index in [1.807, 2.05) is 20.8 Å². The number of nitrogens with one attached hydrogen (secondary N) is 1. The van der Waals surface area contributed by atoms with E-state index in [2.05, 4.69) is 5.32 Å². The molecule has 2 N–H and O–H groups in total. The molecule has 0 aromatic rings. The number of carbonyl (C=O) groups is 3. The summed E-state index contributed by atoms with van der Waals surface area (Å²) in [5.41, 5.74) is -1.55. The topological polar surface area (TPSA) is 86.7 Å². The van der Waals surface area contributed by atoms with Crippen LogP contribution in [0.5, 0.6) is 0 Å². The Morgan fingerprint density at radius 3 is 2.25 bits per heavy atom. The van der Waals surface area contributed by atoms with Crippen molar-refractivity contribution in [2.45, 2.75) is 39.7 Å². The zero-order valence-corrected chi connectivity index (χ0v) is 12.4. The van der Waals surface area contributed by atoms with Crippen LogP contribution in [0.1, 0.15) is 34.1 Å². The molecular formula is C14H22N2O4. The first kappa shape index (κ1) is 15.0. The number of amides is 2. The van der Waals surface area contributed by atoms with Gasteiger partial charge in [-0.3, -0.25) is 19.3 Å². The standard InChI is InChI=1S/C14H22N2O4/c1-5-6-15-14(4,12(19)20)7-16-10(17)8-9(11(16)18)13(8,2)3/h8-9,15H,5-7H2,1-4H3,(H,19,20). The third-order valence-corrected chi connectivity index (χ3v) is 4.60. The van der Waals surface area contributed by atoms with E-state index in [-0.39, 0.29) is 35.6 Å². The smallest absolute Gasteiger partial charge is 0.325 e. The van der Waals surface area contributed by atoms with Crippen molar-refractivity contribution in [3.63, 3.8) is 0 Å². The first-order valence-corrected chi connectivity index (χ1v) is 7.00. The van der Waals surface area contributed by atoms with Crippen molar-refractivity contribution < 1.29 is 19.5 Å². The summed E-state index contributed by atoms with van der Waals surface area (Å²) in [7, 11) is 0. The van der Waals surface area contributed by atoms with Gasteiger partial charge in [-0.2, -0.15) is 0 Å². The number of fused-ring (bicyclic) bond motifs is 1. The summed E-state index contributed by atoms with van der Waals surface area (Å²) in [5, 5.41) is 12.3. The highest BCUT2D eigenvalue weighted by Crippen LogP contribution is 2.63. The normalized spacial score (nSPS) is 30.1. The van der Waals surface area contributed by atoms with Gasteiger partial charge in [0.2, 0.25) is 11.8 Å². The number of carboxylic acids is 1. The van der Waals surface area contributed by atoms with Gasteiger partial charge in [-0.1, -0.05) is 20.8 Å². The Balaban J connectivity index is 2.12. The van der Waals surface area contributed by atoms with Crippen LogP contribution < -0.4 is 5.32 Å². The largest absolute Gasteiger partial charge is 0.480 e. The van der Waals surface area contributed by atoms with Gasteiger partial charge in [0.25, 0.3) is 0 Å². The van der Waals surface area contributed by atoms with E-state index in [0.717, 1.165) is 11.3 Å². The van der Waals surface area contributed by atoms with E-state index >= 15 is 0 Å². The molecule has 112 valence electrons. The van der Waals surface area contributed by atoms with Gasteiger partial charge in [0, 0.05) is 0 Å². The van der Waals surface area contributed by atoms with Gasteiger partial charge in [-0.15, -0.1) is 0 Å². The second-order valence-electron chi connectivity index (χ2n) is 6.60. The van der Waals surface area contributed by atoms with Crippen molar-refractivity contribution in [2.75, 3.05) is 13.1 Å². The lowest BCUT2D eigenvalue weighted by atomic mass is 9.99. The summed E-state index contributed by atoms with van der Waals surface area (Å²) in [6.07, 6.45) is 0.781. The van der Waals surface area contributed by atoms with Crippen molar-refractivity contribution in [1.82, 2.24) is 10.2 Å². The fourth-order valence-corrected chi connectivity index (χ4v) is 3.08. The lowest BCUT2D eigenvalue weighted by molar-refractivity contribution is -0.149. The second kappa shape index (κ2) is 4.55. The minimum absolute atomic E-state index is 0.108. The Morgan fingerprint density at radius 2 is 1.85 bits per heavy atom. The van der Waals surface area contributed by atoms with E-state index in [4.69, 9.17) is 0 Å². The van der Waals surface area contributed by atoms with Crippen LogP contribution >= 0.6 is 0 Å². The van der Waals surface area contributed by atoms with Crippen molar-refractivity contribution in [3.05, 3.63) is 0 Å². The molecule has 0 aromatic carbocycles. The number of piperidine rings is 1. The number of hydrogen-bond acceptors (Lipinski definition) is 4. The molecule has 1 aliphatic carbocycles. The van der Waals surface area contributed by atoms with E-state index < -0.39 is 11.5 Å². The summed E-state index contributed by atoms with van der Waals surface area (Å²) < 4.78 is 0. The maximum atomic E-state index is 12.2. The van der Waals surface area contributed by atoms with E-state index in [9.17, 15) is 19.5 Å². The molecule has 0 radical (unpaired) electrons. The van der Waals surface area contributed by atoms with Gasteiger partial charge in [0.05, 0.1) is 18.4 Å². The summed E-state index contributed by atoms with van der Waals surface area (Å²) in [6.45, 7) is 7.67. The fourth-order valence-electron chi connectivity index (χ4n) is 3.08. The minimum atomic E-state index is -1.29. The third-order valence-electron chi connectivity index (χ3n) is 4.60. The predicted molar refractivity (Wildman–Crippen MR) is 71.8 cm³/mol. The number of carbonyl (C=O) groups excluding carboxylic acids is 2. The van der Waals surface area contributed by atoms with Gasteiger partial charge >= 0.3 is 5.97 Å². The average Bonchev–Trinajstić information content (AvgIpc) is 2.84. The first-order chi connectivity index (χ1) is 9.16. The fraction of sp³-hybridized carbons (Fsp3) is 0.786. The zero-order valence-electron chi connectivity index (χ0n) is 12.4. The van der Waals surface area contributed by atoms with Gasteiger partial charge in [-0.25, -0.2) is 0 Å². The molecule has 3 unspecified atom stereocenters. The quantitative estimate of drug-likeness (QED) is 0.692. The molecule has 20 heavy (non-hydrogen) atoms. The molecule has 2 fully saturated rings. The lowest BCUT2D eigenvalue weighted by Crippen LogP contribution is -2.58. The molecule has 0 aromatic heterocycles. The molecule has 6 heteroatoms. The molecule has 2 amide bonds. The van der Waals surface area contributed by atoms with E-state index in [1.54, 1.807) is 0 Å². The van der Waals surface area contributed by atoms with Gasteiger partial charge in [0.15, 0.2) is 0 Å². The van der Waals surface area contributed by atoms with Crippen molar-refractivity contribution in [3.8, 4) is 0 Å². The summed E-state index contributed by atoms with van der Waals surface area (Å²) >= 11 is 0. The maximum absolute atomic E-state index is 12.2. The summed E-state index contributed by atoms with van der Waals surface area (Å²) in [6, 6.07) is 0. The van der Waals surface area contributed by atoms with Crippen LogP contribution in [0.15, 0.2) is 0 Å². The Bertz CT molecular complexity index is 450. The number of aliphatic carboxylic acids is 1. The number of nitrogens with zero attached hydrogens (tertiary/aromatic N) is 1. The average molecular weight is 282 g/mol. The number of likely N-dealkylation sites (tertiary alicyclic amines) is 1. The minimum Gasteiger partial charge on any atom is -0.480 e. The molecule has 1 heterocycles. The van der Waals surface area contributed by atoms with Crippen LogP contribution in [-0.4, -0.2) is 46.4 Å². The summed E-state index contributed by atoms with van der Waals surface area (Å²) in [5.74, 6) is -2.03. The highest BCUT2D eigenvalue weighted by atomic mass is 16.4. The Labute approximate surface area is 118 Å². The maximum Gasteiger partial charge on any atom is 0.325 e. The van der Waals surface area contributed by atoms with Crippen LogP contribution in [0, 0.1) is 17.3 Å².